The number of benzene rings is 1. The number of methoxy groups -OCH3 is 1. The minimum absolute atomic E-state index is 0.269. The van der Waals surface area contributed by atoms with E-state index >= 15 is 0 Å². The number of carbonyl (C=O) groups excluding carboxylic acids is 1. The van der Waals surface area contributed by atoms with Gasteiger partial charge in [0.15, 0.2) is 5.82 Å². The van der Waals surface area contributed by atoms with Gasteiger partial charge >= 0.3 is 0 Å². The molecule has 2 aromatic rings. The molecule has 0 aliphatic carbocycles. The third-order valence-electron chi connectivity index (χ3n) is 2.07. The first-order valence-corrected chi connectivity index (χ1v) is 4.75. The summed E-state index contributed by atoms with van der Waals surface area (Å²) in [5.41, 5.74) is 0.617. The lowest BCUT2D eigenvalue weighted by Crippen LogP contribution is -2.14. The monoisotopic (exact) mass is 217 g/mol. The first kappa shape index (κ1) is 10.2. The third-order valence-corrected chi connectivity index (χ3v) is 2.07. The molecule has 2 N–H and O–H groups in total. The molecule has 1 heterocycles. The number of para-hydroxylation sites is 2. The van der Waals surface area contributed by atoms with Crippen molar-refractivity contribution in [1.29, 1.82) is 0 Å². The van der Waals surface area contributed by atoms with Crippen LogP contribution in [0, 0.1) is 0 Å². The van der Waals surface area contributed by atoms with Gasteiger partial charge in [-0.1, -0.05) is 12.1 Å². The lowest BCUT2D eigenvalue weighted by molar-refractivity contribution is 0.101. The Balaban J connectivity index is 2.18. The lowest BCUT2D eigenvalue weighted by atomic mass is 10.3. The molecule has 0 atom stereocenters. The number of nitrogens with one attached hydrogen (secondary N) is 2. The molecule has 5 heteroatoms. The molecule has 2 rings (SSSR count). The van der Waals surface area contributed by atoms with E-state index in [9.17, 15) is 4.79 Å². The predicted molar refractivity (Wildman–Crippen MR) is 59.5 cm³/mol. The molecule has 0 unspecified atom stereocenters. The third kappa shape index (κ3) is 2.03. The number of rotatable bonds is 3. The SMILES string of the molecule is COc1ccccc1NC(=O)c1ncc[nH]1. The molecule has 0 saturated carbocycles. The minimum atomic E-state index is -0.297. The van der Waals surface area contributed by atoms with Crippen LogP contribution in [0.5, 0.6) is 5.75 Å². The van der Waals surface area contributed by atoms with Crippen LogP contribution < -0.4 is 10.1 Å². The van der Waals surface area contributed by atoms with Crippen molar-refractivity contribution in [2.24, 2.45) is 0 Å². The number of H-pyrrole nitrogens is 1. The second-order valence-electron chi connectivity index (χ2n) is 3.09. The number of imidazole rings is 1. The van der Waals surface area contributed by atoms with Gasteiger partial charge in [0, 0.05) is 12.4 Å². The normalized spacial score (nSPS) is 9.81. The number of aromatic nitrogens is 2. The maximum absolute atomic E-state index is 11.7. The number of carbonyl (C=O) groups is 1. The van der Waals surface area contributed by atoms with Gasteiger partial charge in [-0.25, -0.2) is 4.98 Å². The Bertz CT molecular complexity index is 480. The molecule has 0 radical (unpaired) electrons. The van der Waals surface area contributed by atoms with Crippen LogP contribution in [0.1, 0.15) is 10.6 Å². The molecule has 16 heavy (non-hydrogen) atoms. The minimum Gasteiger partial charge on any atom is -0.495 e. The second-order valence-corrected chi connectivity index (χ2v) is 3.09. The zero-order valence-corrected chi connectivity index (χ0v) is 8.73. The first-order valence-electron chi connectivity index (χ1n) is 4.75. The number of aromatic amines is 1. The fourth-order valence-electron chi connectivity index (χ4n) is 1.32. The summed E-state index contributed by atoms with van der Waals surface area (Å²) in [4.78, 5) is 18.3. The zero-order chi connectivity index (χ0) is 11.4. The lowest BCUT2D eigenvalue weighted by Gasteiger charge is -2.08. The Morgan fingerprint density at radius 3 is 2.94 bits per heavy atom. The van der Waals surface area contributed by atoms with Gasteiger partial charge in [0.2, 0.25) is 0 Å². The maximum atomic E-state index is 11.7. The predicted octanol–water partition coefficient (Wildman–Crippen LogP) is 1.67. The molecular formula is C11H11N3O2. The van der Waals surface area contributed by atoms with Crippen LogP contribution in [-0.4, -0.2) is 23.0 Å². The molecular weight excluding hydrogens is 206 g/mol. The number of anilines is 1. The molecule has 0 fully saturated rings. The number of hydrogen-bond acceptors (Lipinski definition) is 3. The van der Waals surface area contributed by atoms with E-state index in [-0.39, 0.29) is 11.7 Å². The van der Waals surface area contributed by atoms with Crippen molar-refractivity contribution in [2.75, 3.05) is 12.4 Å². The topological polar surface area (TPSA) is 67.0 Å². The molecule has 0 aliphatic rings. The molecule has 0 bridgehead atoms. The molecule has 1 amide bonds. The van der Waals surface area contributed by atoms with Gasteiger partial charge in [0.05, 0.1) is 12.8 Å². The Morgan fingerprint density at radius 1 is 1.44 bits per heavy atom. The largest absolute Gasteiger partial charge is 0.495 e. The van der Waals surface area contributed by atoms with Crippen LogP contribution in [0.2, 0.25) is 0 Å². The van der Waals surface area contributed by atoms with Crippen LogP contribution in [0.4, 0.5) is 5.69 Å². The summed E-state index contributed by atoms with van der Waals surface area (Å²) in [6, 6.07) is 7.19. The maximum Gasteiger partial charge on any atom is 0.291 e. The average Bonchev–Trinajstić information content (AvgIpc) is 2.83. The Hall–Kier alpha value is -2.30. The van der Waals surface area contributed by atoms with Gasteiger partial charge in [-0.3, -0.25) is 4.79 Å². The standard InChI is InChI=1S/C11H11N3O2/c1-16-9-5-3-2-4-8(9)14-11(15)10-12-6-7-13-10/h2-7H,1H3,(H,12,13)(H,14,15). The van der Waals surface area contributed by atoms with Crippen molar-refractivity contribution < 1.29 is 9.53 Å². The quantitative estimate of drug-likeness (QED) is 0.821. The number of nitrogens with zero attached hydrogens (tertiary/aromatic N) is 1. The van der Waals surface area contributed by atoms with E-state index in [2.05, 4.69) is 15.3 Å². The van der Waals surface area contributed by atoms with Crippen molar-refractivity contribution in [3.05, 3.63) is 42.5 Å². The van der Waals surface area contributed by atoms with E-state index in [0.717, 1.165) is 0 Å². The summed E-state index contributed by atoms with van der Waals surface area (Å²) >= 11 is 0. The van der Waals surface area contributed by atoms with Gasteiger partial charge in [0.25, 0.3) is 5.91 Å². The van der Waals surface area contributed by atoms with E-state index < -0.39 is 0 Å². The molecule has 0 aliphatic heterocycles. The summed E-state index contributed by atoms with van der Waals surface area (Å²) in [6.07, 6.45) is 3.12. The van der Waals surface area contributed by atoms with Crippen molar-refractivity contribution in [3.8, 4) is 5.75 Å². The van der Waals surface area contributed by atoms with E-state index in [1.54, 1.807) is 25.4 Å². The number of amides is 1. The highest BCUT2D eigenvalue weighted by atomic mass is 16.5. The van der Waals surface area contributed by atoms with Gasteiger partial charge in [0.1, 0.15) is 5.75 Å². The smallest absolute Gasteiger partial charge is 0.291 e. The van der Waals surface area contributed by atoms with E-state index in [4.69, 9.17) is 4.74 Å². The van der Waals surface area contributed by atoms with Crippen molar-refractivity contribution in [1.82, 2.24) is 9.97 Å². The van der Waals surface area contributed by atoms with Crippen LogP contribution >= 0.6 is 0 Å². The summed E-state index contributed by atoms with van der Waals surface area (Å²) < 4.78 is 5.12. The number of hydrogen-bond donors (Lipinski definition) is 2. The van der Waals surface area contributed by atoms with Gasteiger partial charge < -0.3 is 15.0 Å². The first-order chi connectivity index (χ1) is 7.81. The summed E-state index contributed by atoms with van der Waals surface area (Å²) in [5, 5.41) is 2.71. The van der Waals surface area contributed by atoms with Crippen molar-refractivity contribution >= 4 is 11.6 Å². The molecule has 5 nitrogen and oxygen atoms in total. The Morgan fingerprint density at radius 2 is 2.25 bits per heavy atom. The van der Waals surface area contributed by atoms with Crippen molar-refractivity contribution in [2.45, 2.75) is 0 Å². The Labute approximate surface area is 92.5 Å². The van der Waals surface area contributed by atoms with Gasteiger partial charge in [-0.05, 0) is 12.1 Å². The van der Waals surface area contributed by atoms with Crippen LogP contribution in [0.25, 0.3) is 0 Å². The van der Waals surface area contributed by atoms with Gasteiger partial charge in [-0.15, -0.1) is 0 Å². The van der Waals surface area contributed by atoms with Crippen LogP contribution in [0.15, 0.2) is 36.7 Å². The van der Waals surface area contributed by atoms with Crippen molar-refractivity contribution in [3.63, 3.8) is 0 Å². The summed E-state index contributed by atoms with van der Waals surface area (Å²) in [6.45, 7) is 0. The zero-order valence-electron chi connectivity index (χ0n) is 8.73. The second kappa shape index (κ2) is 4.48. The highest BCUT2D eigenvalue weighted by Crippen LogP contribution is 2.23. The number of ether oxygens (including phenoxy) is 1. The van der Waals surface area contributed by atoms with Crippen LogP contribution in [-0.2, 0) is 0 Å². The van der Waals surface area contributed by atoms with Crippen LogP contribution in [0.3, 0.4) is 0 Å². The summed E-state index contributed by atoms with van der Waals surface area (Å²) in [7, 11) is 1.55. The van der Waals surface area contributed by atoms with Gasteiger partial charge in [-0.2, -0.15) is 0 Å². The fourth-order valence-corrected chi connectivity index (χ4v) is 1.32. The molecule has 1 aromatic carbocycles. The summed E-state index contributed by atoms with van der Waals surface area (Å²) in [5.74, 6) is 0.586. The van der Waals surface area contributed by atoms with E-state index in [1.807, 2.05) is 12.1 Å². The fraction of sp³-hybridized carbons (Fsp3) is 0.0909. The molecule has 0 spiro atoms. The Kier molecular flexibility index (Phi) is 2.86. The average molecular weight is 217 g/mol. The van der Waals surface area contributed by atoms with E-state index in [1.165, 1.54) is 6.20 Å². The molecule has 82 valence electrons. The highest BCUT2D eigenvalue weighted by Gasteiger charge is 2.10. The highest BCUT2D eigenvalue weighted by molar-refractivity contribution is 6.02. The molecule has 1 aromatic heterocycles. The van der Waals surface area contributed by atoms with E-state index in [0.29, 0.717) is 11.4 Å². The molecule has 0 saturated heterocycles.